The average Bonchev–Trinajstić information content (AvgIpc) is 3.20. The zero-order valence-corrected chi connectivity index (χ0v) is 13.8. The highest BCUT2D eigenvalue weighted by Crippen LogP contribution is 2.19. The third-order valence-corrected chi connectivity index (χ3v) is 2.95. The fraction of sp³-hybridized carbons (Fsp3) is 0.500. The van der Waals surface area contributed by atoms with Crippen molar-refractivity contribution in [3.8, 4) is 0 Å². The van der Waals surface area contributed by atoms with Crippen molar-refractivity contribution in [3.05, 3.63) is 35.6 Å². The third-order valence-electron chi connectivity index (χ3n) is 2.95. The maximum atomic E-state index is 13.5. The highest BCUT2D eigenvalue weighted by atomic mass is 127. The highest BCUT2D eigenvalue weighted by molar-refractivity contribution is 14.0. The maximum Gasteiger partial charge on any atom is 0.191 e. The summed E-state index contributed by atoms with van der Waals surface area (Å²) in [5.74, 6) is 0.283. The second-order valence-electron chi connectivity index (χ2n) is 4.68. The second-order valence-corrected chi connectivity index (χ2v) is 4.68. The normalized spacial score (nSPS) is 16.2. The lowest BCUT2D eigenvalue weighted by atomic mass is 10.1. The number of hydrogen-bond acceptors (Lipinski definition) is 2. The van der Waals surface area contributed by atoms with E-state index in [-0.39, 0.29) is 36.1 Å². The Hall–Kier alpha value is -0.890. The van der Waals surface area contributed by atoms with Crippen molar-refractivity contribution in [2.75, 3.05) is 13.1 Å². The van der Waals surface area contributed by atoms with Crippen LogP contribution in [0.5, 0.6) is 0 Å². The molecule has 0 saturated heterocycles. The van der Waals surface area contributed by atoms with Crippen molar-refractivity contribution < 1.29 is 9.50 Å². The van der Waals surface area contributed by atoms with Gasteiger partial charge in [-0.25, -0.2) is 4.39 Å². The number of aliphatic hydroxyl groups is 1. The molecule has 4 nitrogen and oxygen atoms in total. The molecule has 0 amide bonds. The van der Waals surface area contributed by atoms with E-state index in [1.165, 1.54) is 6.07 Å². The fourth-order valence-corrected chi connectivity index (χ4v) is 1.76. The predicted molar refractivity (Wildman–Crippen MR) is 88.9 cm³/mol. The van der Waals surface area contributed by atoms with Crippen LogP contribution in [0.4, 0.5) is 4.39 Å². The van der Waals surface area contributed by atoms with Crippen LogP contribution in [0.25, 0.3) is 0 Å². The van der Waals surface area contributed by atoms with Gasteiger partial charge in [0, 0.05) is 18.2 Å². The summed E-state index contributed by atoms with van der Waals surface area (Å²) in [6.45, 7) is 2.88. The lowest BCUT2D eigenvalue weighted by Gasteiger charge is -2.13. The summed E-state index contributed by atoms with van der Waals surface area (Å²) >= 11 is 0. The van der Waals surface area contributed by atoms with Gasteiger partial charge >= 0.3 is 0 Å². The van der Waals surface area contributed by atoms with Crippen LogP contribution in [-0.4, -0.2) is 30.2 Å². The Morgan fingerprint density at radius 3 is 2.75 bits per heavy atom. The Morgan fingerprint density at radius 2 is 2.15 bits per heavy atom. The zero-order valence-electron chi connectivity index (χ0n) is 11.5. The molecule has 0 radical (unpaired) electrons. The summed E-state index contributed by atoms with van der Waals surface area (Å²) in [4.78, 5) is 4.29. The Kier molecular flexibility index (Phi) is 7.22. The molecule has 0 aromatic heterocycles. The summed E-state index contributed by atoms with van der Waals surface area (Å²) < 4.78 is 13.5. The topological polar surface area (TPSA) is 56.7 Å². The molecule has 1 aliphatic rings. The molecule has 0 heterocycles. The minimum atomic E-state index is -0.921. The van der Waals surface area contributed by atoms with Gasteiger partial charge in [0.15, 0.2) is 5.96 Å². The van der Waals surface area contributed by atoms with Crippen molar-refractivity contribution in [2.24, 2.45) is 4.99 Å². The molecular formula is C14H21FIN3O. The number of aliphatic hydroxyl groups excluding tert-OH is 1. The molecule has 3 N–H and O–H groups in total. The van der Waals surface area contributed by atoms with Gasteiger partial charge in [-0.15, -0.1) is 24.0 Å². The highest BCUT2D eigenvalue weighted by Gasteiger charge is 2.22. The quantitative estimate of drug-likeness (QED) is 0.409. The van der Waals surface area contributed by atoms with E-state index in [9.17, 15) is 9.50 Å². The zero-order chi connectivity index (χ0) is 13.7. The molecule has 1 aromatic carbocycles. The molecule has 1 fully saturated rings. The Morgan fingerprint density at radius 1 is 1.45 bits per heavy atom. The summed E-state index contributed by atoms with van der Waals surface area (Å²) in [6, 6.07) is 6.72. The van der Waals surface area contributed by atoms with Crippen LogP contribution in [0, 0.1) is 5.82 Å². The van der Waals surface area contributed by atoms with E-state index < -0.39 is 11.9 Å². The molecule has 112 valence electrons. The van der Waals surface area contributed by atoms with Gasteiger partial charge in [0.25, 0.3) is 0 Å². The number of nitrogens with one attached hydrogen (secondary N) is 2. The van der Waals surface area contributed by atoms with Crippen molar-refractivity contribution in [2.45, 2.75) is 31.9 Å². The van der Waals surface area contributed by atoms with Crippen LogP contribution >= 0.6 is 24.0 Å². The van der Waals surface area contributed by atoms with Crippen LogP contribution in [0.3, 0.4) is 0 Å². The van der Waals surface area contributed by atoms with Gasteiger partial charge in [-0.1, -0.05) is 18.2 Å². The minimum absolute atomic E-state index is 0. The first-order chi connectivity index (χ1) is 9.20. The van der Waals surface area contributed by atoms with Gasteiger partial charge in [0.2, 0.25) is 0 Å². The summed E-state index contributed by atoms with van der Waals surface area (Å²) in [6.07, 6.45) is 1.39. The van der Waals surface area contributed by atoms with E-state index in [4.69, 9.17) is 0 Å². The average molecular weight is 393 g/mol. The Bertz CT molecular complexity index is 452. The fourth-order valence-electron chi connectivity index (χ4n) is 1.76. The van der Waals surface area contributed by atoms with Crippen LogP contribution in [-0.2, 0) is 0 Å². The standard InChI is InChI=1S/C14H20FN3O.HI/c1-2-16-14(18-10-7-8-10)17-9-13(19)11-5-3-4-6-12(11)15;/h3-6,10,13,19H,2,7-9H2,1H3,(H2,16,17,18);1H. The molecule has 1 aliphatic carbocycles. The van der Waals surface area contributed by atoms with Crippen molar-refractivity contribution in [1.82, 2.24) is 10.6 Å². The van der Waals surface area contributed by atoms with E-state index >= 15 is 0 Å². The Labute approximate surface area is 135 Å². The van der Waals surface area contributed by atoms with Crippen LogP contribution in [0.15, 0.2) is 29.3 Å². The van der Waals surface area contributed by atoms with Crippen molar-refractivity contribution in [3.63, 3.8) is 0 Å². The largest absolute Gasteiger partial charge is 0.386 e. The molecule has 1 atom stereocenters. The molecule has 0 bridgehead atoms. The van der Waals surface area contributed by atoms with Crippen LogP contribution in [0.2, 0.25) is 0 Å². The second kappa shape index (κ2) is 8.41. The van der Waals surface area contributed by atoms with Gasteiger partial charge in [0.05, 0.1) is 6.54 Å². The number of guanidine groups is 1. The van der Waals surface area contributed by atoms with Gasteiger partial charge in [-0.3, -0.25) is 4.99 Å². The van der Waals surface area contributed by atoms with E-state index in [0.717, 1.165) is 19.4 Å². The van der Waals surface area contributed by atoms with Crippen LogP contribution in [0.1, 0.15) is 31.4 Å². The van der Waals surface area contributed by atoms with Gasteiger partial charge in [-0.2, -0.15) is 0 Å². The first-order valence-electron chi connectivity index (χ1n) is 6.68. The lowest BCUT2D eigenvalue weighted by molar-refractivity contribution is 0.182. The molecule has 0 spiro atoms. The third kappa shape index (κ3) is 5.24. The smallest absolute Gasteiger partial charge is 0.191 e. The first-order valence-corrected chi connectivity index (χ1v) is 6.68. The van der Waals surface area contributed by atoms with Gasteiger partial charge < -0.3 is 15.7 Å². The van der Waals surface area contributed by atoms with Crippen molar-refractivity contribution in [1.29, 1.82) is 0 Å². The molecule has 0 aliphatic heterocycles. The molecule has 6 heteroatoms. The summed E-state index contributed by atoms with van der Waals surface area (Å²) in [5, 5.41) is 16.3. The number of hydrogen-bond donors (Lipinski definition) is 3. The number of nitrogens with zero attached hydrogens (tertiary/aromatic N) is 1. The predicted octanol–water partition coefficient (Wildman–Crippen LogP) is 2.19. The summed E-state index contributed by atoms with van der Waals surface area (Å²) in [5.41, 5.74) is 0.286. The molecule has 20 heavy (non-hydrogen) atoms. The number of rotatable bonds is 5. The first kappa shape index (κ1) is 17.2. The molecule has 2 rings (SSSR count). The molecule has 1 aromatic rings. The number of aliphatic imine (C=N–C) groups is 1. The minimum Gasteiger partial charge on any atom is -0.386 e. The van der Waals surface area contributed by atoms with E-state index in [1.54, 1.807) is 18.2 Å². The SMILES string of the molecule is CCNC(=NCC(O)c1ccccc1F)NC1CC1.I. The lowest BCUT2D eigenvalue weighted by Crippen LogP contribution is -2.38. The molecule has 1 unspecified atom stereocenters. The van der Waals surface area contributed by atoms with Gasteiger partial charge in [-0.05, 0) is 25.8 Å². The van der Waals surface area contributed by atoms with E-state index in [1.807, 2.05) is 6.92 Å². The Balaban J connectivity index is 0.00000200. The number of benzene rings is 1. The van der Waals surface area contributed by atoms with Gasteiger partial charge in [0.1, 0.15) is 11.9 Å². The van der Waals surface area contributed by atoms with Crippen LogP contribution < -0.4 is 10.6 Å². The van der Waals surface area contributed by atoms with E-state index in [2.05, 4.69) is 15.6 Å². The number of halogens is 2. The monoisotopic (exact) mass is 393 g/mol. The van der Waals surface area contributed by atoms with Crippen molar-refractivity contribution >= 4 is 29.9 Å². The molecule has 1 saturated carbocycles. The molecular weight excluding hydrogens is 372 g/mol. The maximum absolute atomic E-state index is 13.5. The van der Waals surface area contributed by atoms with E-state index in [0.29, 0.717) is 12.0 Å². The summed E-state index contributed by atoms with van der Waals surface area (Å²) in [7, 11) is 0.